The maximum Gasteiger partial charge on any atom is 0.411 e. The number of hydrogen-bond acceptors (Lipinski definition) is 3. The number of rotatable bonds is 7. The predicted octanol–water partition coefficient (Wildman–Crippen LogP) is 0.846. The lowest BCUT2D eigenvalue weighted by atomic mass is 10.4. The molecule has 0 aromatic carbocycles. The first kappa shape index (κ1) is 13.7. The van der Waals surface area contributed by atoms with Crippen LogP contribution in [-0.2, 0) is 4.74 Å². The van der Waals surface area contributed by atoms with Crippen molar-refractivity contribution in [2.75, 3.05) is 39.9 Å². The minimum atomic E-state index is -4.22. The summed E-state index contributed by atoms with van der Waals surface area (Å²) in [6.07, 6.45) is -3.63. The van der Waals surface area contributed by atoms with Crippen LogP contribution in [-0.4, -0.2) is 51.0 Å². The Morgan fingerprint density at radius 1 is 1.29 bits per heavy atom. The highest BCUT2D eigenvalue weighted by Crippen LogP contribution is 2.14. The van der Waals surface area contributed by atoms with Crippen LogP contribution in [0.3, 0.4) is 0 Å². The van der Waals surface area contributed by atoms with Crippen LogP contribution in [0.1, 0.15) is 6.42 Å². The second-order valence-corrected chi connectivity index (χ2v) is 3.11. The van der Waals surface area contributed by atoms with Crippen LogP contribution in [0.5, 0.6) is 0 Å². The molecule has 0 rings (SSSR count). The zero-order chi connectivity index (χ0) is 11.0. The molecule has 0 aromatic heterocycles. The molecule has 0 spiro atoms. The molecule has 2 N–H and O–H groups in total. The minimum Gasteiger partial charge on any atom is -0.372 e. The van der Waals surface area contributed by atoms with Crippen molar-refractivity contribution in [3.63, 3.8) is 0 Å². The molecule has 0 aliphatic heterocycles. The average molecular weight is 214 g/mol. The van der Waals surface area contributed by atoms with Crippen LogP contribution >= 0.6 is 0 Å². The smallest absolute Gasteiger partial charge is 0.372 e. The lowest BCUT2D eigenvalue weighted by Crippen LogP contribution is -2.27. The van der Waals surface area contributed by atoms with Gasteiger partial charge in [0.2, 0.25) is 0 Å². The lowest BCUT2D eigenvalue weighted by molar-refractivity contribution is -0.174. The van der Waals surface area contributed by atoms with Gasteiger partial charge in [0, 0.05) is 26.2 Å². The van der Waals surface area contributed by atoms with Gasteiger partial charge in [-0.05, 0) is 13.5 Å². The van der Waals surface area contributed by atoms with Crippen molar-refractivity contribution in [1.29, 1.82) is 0 Å². The Kier molecular flexibility index (Phi) is 6.86. The van der Waals surface area contributed by atoms with Crippen LogP contribution in [0.2, 0.25) is 0 Å². The highest BCUT2D eigenvalue weighted by molar-refractivity contribution is 4.52. The highest BCUT2D eigenvalue weighted by Gasteiger charge is 2.27. The number of halogens is 3. The second-order valence-electron chi connectivity index (χ2n) is 3.11. The Balaban J connectivity index is 3.21. The van der Waals surface area contributed by atoms with Gasteiger partial charge in [-0.15, -0.1) is 0 Å². The van der Waals surface area contributed by atoms with E-state index in [0.29, 0.717) is 19.5 Å². The number of nitrogens with zero attached hydrogens (tertiary/aromatic N) is 1. The fourth-order valence-corrected chi connectivity index (χ4v) is 0.957. The molecule has 0 unspecified atom stereocenters. The summed E-state index contributed by atoms with van der Waals surface area (Å²) in [7, 11) is 1.87. The number of likely N-dealkylation sites (N-methyl/N-ethyl adjacent to an activating group) is 1. The summed E-state index contributed by atoms with van der Waals surface area (Å²) >= 11 is 0. The third kappa shape index (κ3) is 9.76. The Morgan fingerprint density at radius 2 is 1.93 bits per heavy atom. The van der Waals surface area contributed by atoms with E-state index in [0.717, 1.165) is 6.54 Å². The first-order valence-corrected chi connectivity index (χ1v) is 4.49. The van der Waals surface area contributed by atoms with Crippen molar-refractivity contribution in [2.24, 2.45) is 5.73 Å². The first-order valence-electron chi connectivity index (χ1n) is 4.49. The normalized spacial score (nSPS) is 12.4. The van der Waals surface area contributed by atoms with Crippen LogP contribution in [0.15, 0.2) is 0 Å². The molecule has 86 valence electrons. The van der Waals surface area contributed by atoms with Gasteiger partial charge in [0.25, 0.3) is 0 Å². The first-order chi connectivity index (χ1) is 6.45. The van der Waals surface area contributed by atoms with Gasteiger partial charge in [-0.1, -0.05) is 0 Å². The molecule has 3 nitrogen and oxygen atoms in total. The molecule has 0 saturated heterocycles. The number of hydrogen-bond donors (Lipinski definition) is 1. The summed E-state index contributed by atoms with van der Waals surface area (Å²) in [5, 5.41) is 0. The average Bonchev–Trinajstić information content (AvgIpc) is 2.02. The van der Waals surface area contributed by atoms with E-state index < -0.39 is 12.8 Å². The quantitative estimate of drug-likeness (QED) is 0.638. The summed E-state index contributed by atoms with van der Waals surface area (Å²) in [4.78, 5) is 1.96. The molecule has 0 saturated carbocycles. The monoisotopic (exact) mass is 214 g/mol. The van der Waals surface area contributed by atoms with Gasteiger partial charge >= 0.3 is 6.18 Å². The number of ether oxygens (including phenoxy) is 1. The molecule has 6 heteroatoms. The van der Waals surface area contributed by atoms with Crippen LogP contribution in [0, 0.1) is 0 Å². The molecular weight excluding hydrogens is 197 g/mol. The van der Waals surface area contributed by atoms with Gasteiger partial charge in [-0.25, -0.2) is 0 Å². The predicted molar refractivity (Wildman–Crippen MR) is 48.0 cm³/mol. The molecule has 0 atom stereocenters. The van der Waals surface area contributed by atoms with Crippen LogP contribution in [0.25, 0.3) is 0 Å². The topological polar surface area (TPSA) is 38.5 Å². The van der Waals surface area contributed by atoms with E-state index >= 15 is 0 Å². The Hall–Kier alpha value is -0.330. The summed E-state index contributed by atoms with van der Waals surface area (Å²) in [5.41, 5.74) is 5.30. The molecule has 0 aliphatic carbocycles. The van der Waals surface area contributed by atoms with Crippen molar-refractivity contribution in [2.45, 2.75) is 12.6 Å². The van der Waals surface area contributed by atoms with E-state index in [2.05, 4.69) is 4.74 Å². The molecule has 0 radical (unpaired) electrons. The SMILES string of the molecule is CN(CCN)CCCOCC(F)(F)F. The van der Waals surface area contributed by atoms with E-state index in [-0.39, 0.29) is 6.61 Å². The summed E-state index contributed by atoms with van der Waals surface area (Å²) in [6.45, 7) is 0.982. The van der Waals surface area contributed by atoms with E-state index in [1.54, 1.807) is 0 Å². The van der Waals surface area contributed by atoms with Gasteiger partial charge in [-0.2, -0.15) is 13.2 Å². The van der Waals surface area contributed by atoms with Crippen molar-refractivity contribution in [3.05, 3.63) is 0 Å². The van der Waals surface area contributed by atoms with E-state index in [1.165, 1.54) is 0 Å². The molecule has 0 aliphatic rings. The second kappa shape index (κ2) is 7.03. The van der Waals surface area contributed by atoms with Crippen molar-refractivity contribution < 1.29 is 17.9 Å². The minimum absolute atomic E-state index is 0.133. The fourth-order valence-electron chi connectivity index (χ4n) is 0.957. The lowest BCUT2D eigenvalue weighted by Gasteiger charge is -2.15. The molecule has 0 heterocycles. The Bertz CT molecular complexity index is 141. The zero-order valence-corrected chi connectivity index (χ0v) is 8.31. The summed E-state index contributed by atoms with van der Waals surface area (Å²) in [6, 6.07) is 0. The number of alkyl halides is 3. The third-order valence-corrected chi connectivity index (χ3v) is 1.61. The molecule has 0 aromatic rings. The Labute approximate surface area is 82.0 Å². The van der Waals surface area contributed by atoms with Crippen molar-refractivity contribution >= 4 is 0 Å². The molecule has 0 bridgehead atoms. The molecular formula is C8H17F3N2O. The largest absolute Gasteiger partial charge is 0.411 e. The molecule has 14 heavy (non-hydrogen) atoms. The van der Waals surface area contributed by atoms with Gasteiger partial charge in [0.15, 0.2) is 0 Å². The zero-order valence-electron chi connectivity index (χ0n) is 8.31. The van der Waals surface area contributed by atoms with Crippen molar-refractivity contribution in [1.82, 2.24) is 4.90 Å². The van der Waals surface area contributed by atoms with Crippen LogP contribution < -0.4 is 5.73 Å². The Morgan fingerprint density at radius 3 is 2.43 bits per heavy atom. The highest BCUT2D eigenvalue weighted by atomic mass is 19.4. The molecule has 0 fully saturated rings. The van der Waals surface area contributed by atoms with E-state index in [9.17, 15) is 13.2 Å². The number of nitrogens with two attached hydrogens (primary N) is 1. The van der Waals surface area contributed by atoms with Gasteiger partial charge in [-0.3, -0.25) is 0 Å². The summed E-state index contributed by atoms with van der Waals surface area (Å²) in [5.74, 6) is 0. The summed E-state index contributed by atoms with van der Waals surface area (Å²) < 4.78 is 39.3. The third-order valence-electron chi connectivity index (χ3n) is 1.61. The maximum absolute atomic E-state index is 11.6. The van der Waals surface area contributed by atoms with Gasteiger partial charge in [0.1, 0.15) is 6.61 Å². The van der Waals surface area contributed by atoms with Crippen molar-refractivity contribution in [3.8, 4) is 0 Å². The van der Waals surface area contributed by atoms with E-state index in [4.69, 9.17) is 5.73 Å². The molecule has 0 amide bonds. The standard InChI is InChI=1S/C8H17F3N2O/c1-13(5-3-12)4-2-6-14-7-8(9,10)11/h2-7,12H2,1H3. The maximum atomic E-state index is 11.6. The van der Waals surface area contributed by atoms with Gasteiger partial charge in [0.05, 0.1) is 0 Å². The van der Waals surface area contributed by atoms with Gasteiger partial charge < -0.3 is 15.4 Å². The van der Waals surface area contributed by atoms with E-state index in [1.807, 2.05) is 11.9 Å². The fraction of sp³-hybridized carbons (Fsp3) is 1.00. The van der Waals surface area contributed by atoms with Crippen LogP contribution in [0.4, 0.5) is 13.2 Å².